The van der Waals surface area contributed by atoms with Gasteiger partial charge in [0.05, 0.1) is 0 Å². The number of benzene rings is 2. The van der Waals surface area contributed by atoms with Gasteiger partial charge in [-0.15, -0.1) is 0 Å². The lowest BCUT2D eigenvalue weighted by atomic mass is 10.1. The minimum Gasteiger partial charge on any atom is -0.478 e. The standard InChI is InChI=1S/C14H12ClNO3/c15-10-3-1-9(2-4-10)13(14(17)18)19-12-7-5-11(16)6-8-12/h1-8,13H,16H2,(H,17,18). The molecule has 0 radical (unpaired) electrons. The Morgan fingerprint density at radius 2 is 1.68 bits per heavy atom. The van der Waals surface area contributed by atoms with Crippen LogP contribution in [0, 0.1) is 0 Å². The first kappa shape index (κ1) is 13.2. The third-order valence-electron chi connectivity index (χ3n) is 2.53. The number of hydrogen-bond acceptors (Lipinski definition) is 3. The molecule has 0 aromatic heterocycles. The van der Waals surface area contributed by atoms with Crippen LogP contribution in [0.2, 0.25) is 5.02 Å². The van der Waals surface area contributed by atoms with Gasteiger partial charge in [0.15, 0.2) is 0 Å². The van der Waals surface area contributed by atoms with Crippen molar-refractivity contribution in [1.82, 2.24) is 0 Å². The zero-order chi connectivity index (χ0) is 13.8. The summed E-state index contributed by atoms with van der Waals surface area (Å²) in [5, 5.41) is 9.77. The van der Waals surface area contributed by atoms with E-state index in [-0.39, 0.29) is 0 Å². The van der Waals surface area contributed by atoms with Crippen molar-refractivity contribution in [3.8, 4) is 5.75 Å². The van der Waals surface area contributed by atoms with Crippen molar-refractivity contribution in [3.63, 3.8) is 0 Å². The third-order valence-corrected chi connectivity index (χ3v) is 2.78. The summed E-state index contributed by atoms with van der Waals surface area (Å²) in [4.78, 5) is 11.3. The lowest BCUT2D eigenvalue weighted by molar-refractivity contribution is -0.145. The Labute approximate surface area is 115 Å². The SMILES string of the molecule is Nc1ccc(OC(C(=O)O)c2ccc(Cl)cc2)cc1. The van der Waals surface area contributed by atoms with E-state index in [1.165, 1.54) is 0 Å². The van der Waals surface area contributed by atoms with E-state index in [1.54, 1.807) is 48.5 Å². The van der Waals surface area contributed by atoms with Gasteiger partial charge in [-0.05, 0) is 36.4 Å². The molecule has 0 amide bonds. The number of anilines is 1. The van der Waals surface area contributed by atoms with Gasteiger partial charge in [0.25, 0.3) is 0 Å². The van der Waals surface area contributed by atoms with Gasteiger partial charge in [0, 0.05) is 16.3 Å². The fourth-order valence-corrected chi connectivity index (χ4v) is 1.71. The van der Waals surface area contributed by atoms with Crippen LogP contribution in [0.15, 0.2) is 48.5 Å². The maximum atomic E-state index is 11.3. The van der Waals surface area contributed by atoms with Crippen molar-refractivity contribution < 1.29 is 14.6 Å². The van der Waals surface area contributed by atoms with Crippen LogP contribution in [-0.4, -0.2) is 11.1 Å². The molecule has 2 rings (SSSR count). The van der Waals surface area contributed by atoms with Crippen molar-refractivity contribution in [2.45, 2.75) is 6.10 Å². The van der Waals surface area contributed by atoms with Gasteiger partial charge >= 0.3 is 5.97 Å². The number of ether oxygens (including phenoxy) is 1. The summed E-state index contributed by atoms with van der Waals surface area (Å²) in [6.07, 6.45) is -1.08. The number of rotatable bonds is 4. The summed E-state index contributed by atoms with van der Waals surface area (Å²) in [6, 6.07) is 13.0. The summed E-state index contributed by atoms with van der Waals surface area (Å²) >= 11 is 5.77. The Bertz CT molecular complexity index is 566. The van der Waals surface area contributed by atoms with E-state index >= 15 is 0 Å². The second-order valence-corrected chi connectivity index (χ2v) is 4.39. The highest BCUT2D eigenvalue weighted by atomic mass is 35.5. The van der Waals surface area contributed by atoms with Crippen LogP contribution in [0.5, 0.6) is 5.75 Å². The highest BCUT2D eigenvalue weighted by Crippen LogP contribution is 2.24. The average molecular weight is 278 g/mol. The van der Waals surface area contributed by atoms with E-state index in [0.717, 1.165) is 0 Å². The van der Waals surface area contributed by atoms with Crippen molar-refractivity contribution in [2.75, 3.05) is 5.73 Å². The van der Waals surface area contributed by atoms with Gasteiger partial charge in [0.1, 0.15) is 5.75 Å². The maximum absolute atomic E-state index is 11.3. The van der Waals surface area contributed by atoms with Crippen LogP contribution in [-0.2, 0) is 4.79 Å². The van der Waals surface area contributed by atoms with E-state index in [9.17, 15) is 9.90 Å². The second kappa shape index (κ2) is 5.63. The predicted molar refractivity (Wildman–Crippen MR) is 73.3 cm³/mol. The molecule has 0 spiro atoms. The normalized spacial score (nSPS) is 11.8. The minimum absolute atomic E-state index is 0.441. The molecule has 0 aliphatic carbocycles. The summed E-state index contributed by atoms with van der Waals surface area (Å²) in [6.45, 7) is 0. The van der Waals surface area contributed by atoms with Gasteiger partial charge in [-0.1, -0.05) is 23.7 Å². The molecule has 0 bridgehead atoms. The molecule has 0 fully saturated rings. The molecule has 3 N–H and O–H groups in total. The highest BCUT2D eigenvalue weighted by Gasteiger charge is 2.21. The fraction of sp³-hybridized carbons (Fsp3) is 0.0714. The number of nitrogens with two attached hydrogens (primary N) is 1. The molecule has 0 aliphatic heterocycles. The molecule has 0 saturated heterocycles. The number of aliphatic carboxylic acids is 1. The van der Waals surface area contributed by atoms with Crippen LogP contribution >= 0.6 is 11.6 Å². The average Bonchev–Trinajstić information content (AvgIpc) is 2.39. The topological polar surface area (TPSA) is 72.5 Å². The molecule has 5 heteroatoms. The number of halogens is 1. The lowest BCUT2D eigenvalue weighted by Gasteiger charge is -2.15. The van der Waals surface area contributed by atoms with E-state index in [0.29, 0.717) is 22.0 Å². The maximum Gasteiger partial charge on any atom is 0.349 e. The van der Waals surface area contributed by atoms with Crippen LogP contribution in [0.3, 0.4) is 0 Å². The Morgan fingerprint density at radius 1 is 1.11 bits per heavy atom. The van der Waals surface area contributed by atoms with Crippen molar-refractivity contribution in [3.05, 3.63) is 59.1 Å². The Morgan fingerprint density at radius 3 is 2.21 bits per heavy atom. The molecular weight excluding hydrogens is 266 g/mol. The van der Waals surface area contributed by atoms with Crippen molar-refractivity contribution in [2.24, 2.45) is 0 Å². The summed E-state index contributed by atoms with van der Waals surface area (Å²) in [7, 11) is 0. The molecule has 2 aromatic carbocycles. The van der Waals surface area contributed by atoms with Crippen LogP contribution in [0.1, 0.15) is 11.7 Å². The number of hydrogen-bond donors (Lipinski definition) is 2. The molecular formula is C14H12ClNO3. The van der Waals surface area contributed by atoms with Crippen LogP contribution in [0.4, 0.5) is 5.69 Å². The first-order chi connectivity index (χ1) is 9.06. The lowest BCUT2D eigenvalue weighted by Crippen LogP contribution is -2.18. The third kappa shape index (κ3) is 3.39. The van der Waals surface area contributed by atoms with Crippen molar-refractivity contribution >= 4 is 23.3 Å². The van der Waals surface area contributed by atoms with E-state index < -0.39 is 12.1 Å². The molecule has 1 unspecified atom stereocenters. The Hall–Kier alpha value is -2.20. The van der Waals surface area contributed by atoms with E-state index in [2.05, 4.69) is 0 Å². The Kier molecular flexibility index (Phi) is 3.92. The second-order valence-electron chi connectivity index (χ2n) is 3.96. The largest absolute Gasteiger partial charge is 0.478 e. The number of carboxylic acids is 1. The molecule has 0 aliphatic rings. The van der Waals surface area contributed by atoms with Gasteiger partial charge in [-0.2, -0.15) is 0 Å². The highest BCUT2D eigenvalue weighted by molar-refractivity contribution is 6.30. The monoisotopic (exact) mass is 277 g/mol. The summed E-state index contributed by atoms with van der Waals surface area (Å²) < 4.78 is 5.46. The van der Waals surface area contributed by atoms with Gasteiger partial charge < -0.3 is 15.6 Å². The molecule has 0 saturated carbocycles. The molecule has 0 heterocycles. The number of nitrogen functional groups attached to an aromatic ring is 1. The van der Waals surface area contributed by atoms with E-state index in [4.69, 9.17) is 22.1 Å². The molecule has 98 valence electrons. The predicted octanol–water partition coefficient (Wildman–Crippen LogP) is 3.13. The summed E-state index contributed by atoms with van der Waals surface area (Å²) in [5.41, 5.74) is 6.67. The minimum atomic E-state index is -1.08. The first-order valence-electron chi connectivity index (χ1n) is 5.57. The fourth-order valence-electron chi connectivity index (χ4n) is 1.58. The molecule has 2 aromatic rings. The first-order valence-corrected chi connectivity index (χ1v) is 5.94. The zero-order valence-corrected chi connectivity index (χ0v) is 10.7. The van der Waals surface area contributed by atoms with E-state index in [1.807, 2.05) is 0 Å². The molecule has 1 atom stereocenters. The van der Waals surface area contributed by atoms with Crippen LogP contribution < -0.4 is 10.5 Å². The number of carboxylic acid groups (broad SMARTS) is 1. The van der Waals surface area contributed by atoms with Crippen LogP contribution in [0.25, 0.3) is 0 Å². The molecule has 4 nitrogen and oxygen atoms in total. The smallest absolute Gasteiger partial charge is 0.349 e. The van der Waals surface area contributed by atoms with Gasteiger partial charge in [0.2, 0.25) is 6.10 Å². The quantitative estimate of drug-likeness (QED) is 0.842. The van der Waals surface area contributed by atoms with Gasteiger partial charge in [-0.3, -0.25) is 0 Å². The summed E-state index contributed by atoms with van der Waals surface area (Å²) in [5.74, 6) is -0.629. The van der Waals surface area contributed by atoms with Gasteiger partial charge in [-0.25, -0.2) is 4.79 Å². The molecule has 19 heavy (non-hydrogen) atoms. The number of carbonyl (C=O) groups is 1. The Balaban J connectivity index is 2.23. The van der Waals surface area contributed by atoms with Crippen molar-refractivity contribution in [1.29, 1.82) is 0 Å². The zero-order valence-electron chi connectivity index (χ0n) is 9.92.